The molecule has 1 rings (SSSR count). The smallest absolute Gasteiger partial charge is 0.343 e. The summed E-state index contributed by atoms with van der Waals surface area (Å²) >= 11 is 0. The topological polar surface area (TPSA) is 77.8 Å². The largest absolute Gasteiger partial charge is 0.507 e. The Morgan fingerprint density at radius 3 is 1.42 bits per heavy atom. The molecule has 0 aliphatic carbocycles. The first kappa shape index (κ1) is 15.3. The van der Waals surface area contributed by atoms with Crippen molar-refractivity contribution in [2.75, 3.05) is 0 Å². The molecule has 1 aromatic rings. The van der Waals surface area contributed by atoms with Crippen LogP contribution in [0, 0.1) is 0 Å². The Labute approximate surface area is 113 Å². The van der Waals surface area contributed by atoms with Crippen LogP contribution in [0.15, 0.2) is 6.07 Å². The fraction of sp³-hybridized carbons (Fsp3) is 0.533. The van der Waals surface area contributed by atoms with Crippen molar-refractivity contribution in [3.05, 3.63) is 22.8 Å². The number of carboxylic acid groups (broad SMARTS) is 1. The second-order valence-corrected chi connectivity index (χ2v) is 6.85. The molecule has 0 aromatic heterocycles. The number of aromatic carboxylic acids is 1. The first-order valence-electron chi connectivity index (χ1n) is 6.20. The van der Waals surface area contributed by atoms with Crippen LogP contribution in [-0.4, -0.2) is 21.3 Å². The van der Waals surface area contributed by atoms with E-state index in [-0.39, 0.29) is 11.5 Å². The van der Waals surface area contributed by atoms with Crippen LogP contribution in [0.4, 0.5) is 0 Å². The van der Waals surface area contributed by atoms with Crippen molar-refractivity contribution in [1.82, 2.24) is 0 Å². The molecule has 0 atom stereocenters. The highest BCUT2D eigenvalue weighted by molar-refractivity contribution is 5.95. The van der Waals surface area contributed by atoms with Crippen molar-refractivity contribution in [1.29, 1.82) is 0 Å². The van der Waals surface area contributed by atoms with Gasteiger partial charge in [0.15, 0.2) is 0 Å². The van der Waals surface area contributed by atoms with Crippen molar-refractivity contribution < 1.29 is 20.1 Å². The van der Waals surface area contributed by atoms with Crippen LogP contribution in [0.2, 0.25) is 0 Å². The van der Waals surface area contributed by atoms with Crippen LogP contribution < -0.4 is 0 Å². The number of hydrogen-bond acceptors (Lipinski definition) is 3. The summed E-state index contributed by atoms with van der Waals surface area (Å²) in [5, 5.41) is 29.5. The van der Waals surface area contributed by atoms with Gasteiger partial charge in [-0.3, -0.25) is 0 Å². The third-order valence-corrected chi connectivity index (χ3v) is 3.10. The number of hydrogen-bond donors (Lipinski definition) is 3. The van der Waals surface area contributed by atoms with Crippen molar-refractivity contribution in [2.45, 2.75) is 52.4 Å². The average molecular weight is 266 g/mol. The Kier molecular flexibility index (Phi) is 3.59. The molecule has 0 saturated carbocycles. The Hall–Kier alpha value is -1.71. The third kappa shape index (κ3) is 2.83. The molecule has 0 aliphatic rings. The summed E-state index contributed by atoms with van der Waals surface area (Å²) < 4.78 is 0. The second-order valence-electron chi connectivity index (χ2n) is 6.85. The Morgan fingerprint density at radius 1 is 0.895 bits per heavy atom. The lowest BCUT2D eigenvalue weighted by molar-refractivity contribution is 0.0689. The van der Waals surface area contributed by atoms with Crippen LogP contribution in [0.3, 0.4) is 0 Å². The number of carbonyl (C=O) groups is 1. The molecule has 0 amide bonds. The molecular formula is C15H22O4. The lowest BCUT2D eigenvalue weighted by Crippen LogP contribution is -2.19. The van der Waals surface area contributed by atoms with Crippen LogP contribution in [0.5, 0.6) is 11.5 Å². The first-order chi connectivity index (χ1) is 8.37. The van der Waals surface area contributed by atoms with Gasteiger partial charge in [0.1, 0.15) is 17.1 Å². The molecular weight excluding hydrogens is 244 g/mol. The van der Waals surface area contributed by atoms with E-state index >= 15 is 0 Å². The zero-order chi connectivity index (χ0) is 15.2. The van der Waals surface area contributed by atoms with Gasteiger partial charge in [0.05, 0.1) is 0 Å². The van der Waals surface area contributed by atoms with E-state index in [4.69, 9.17) is 0 Å². The maximum absolute atomic E-state index is 11.3. The van der Waals surface area contributed by atoms with Crippen LogP contribution in [-0.2, 0) is 10.8 Å². The summed E-state index contributed by atoms with van der Waals surface area (Å²) in [4.78, 5) is 11.3. The van der Waals surface area contributed by atoms with Gasteiger partial charge < -0.3 is 15.3 Å². The lowest BCUT2D eigenvalue weighted by atomic mass is 9.78. The van der Waals surface area contributed by atoms with E-state index in [2.05, 4.69) is 0 Å². The molecule has 1 aromatic carbocycles. The van der Waals surface area contributed by atoms with E-state index in [1.807, 2.05) is 41.5 Å². The monoisotopic (exact) mass is 266 g/mol. The van der Waals surface area contributed by atoms with Gasteiger partial charge in [-0.15, -0.1) is 0 Å². The van der Waals surface area contributed by atoms with Gasteiger partial charge in [-0.25, -0.2) is 4.79 Å². The molecule has 19 heavy (non-hydrogen) atoms. The van der Waals surface area contributed by atoms with Gasteiger partial charge in [0, 0.05) is 11.1 Å². The fourth-order valence-corrected chi connectivity index (χ4v) is 2.01. The highest BCUT2D eigenvalue weighted by Gasteiger charge is 2.31. The molecule has 106 valence electrons. The van der Waals surface area contributed by atoms with Gasteiger partial charge in [-0.2, -0.15) is 0 Å². The summed E-state index contributed by atoms with van der Waals surface area (Å²) in [6, 6.07) is 1.69. The molecule has 0 aliphatic heterocycles. The summed E-state index contributed by atoms with van der Waals surface area (Å²) in [6.45, 7) is 11.3. The first-order valence-corrected chi connectivity index (χ1v) is 6.20. The molecule has 4 heteroatoms. The molecule has 0 radical (unpaired) electrons. The Balaban J connectivity index is 3.81. The minimum Gasteiger partial charge on any atom is -0.507 e. The zero-order valence-corrected chi connectivity index (χ0v) is 12.3. The van der Waals surface area contributed by atoms with Gasteiger partial charge in [0.25, 0.3) is 0 Å². The molecule has 0 fully saturated rings. The minimum atomic E-state index is -1.33. The summed E-state index contributed by atoms with van der Waals surface area (Å²) in [5.74, 6) is -2.04. The van der Waals surface area contributed by atoms with Gasteiger partial charge in [-0.05, 0) is 16.9 Å². The average Bonchev–Trinajstić information content (AvgIpc) is 2.12. The van der Waals surface area contributed by atoms with Gasteiger partial charge >= 0.3 is 5.97 Å². The molecule has 4 nitrogen and oxygen atoms in total. The van der Waals surface area contributed by atoms with Crippen molar-refractivity contribution in [3.8, 4) is 11.5 Å². The molecule has 0 spiro atoms. The number of carboxylic acids is 1. The van der Waals surface area contributed by atoms with E-state index in [9.17, 15) is 20.1 Å². The predicted octanol–water partition coefficient (Wildman–Crippen LogP) is 3.39. The highest BCUT2D eigenvalue weighted by atomic mass is 16.4. The van der Waals surface area contributed by atoms with E-state index in [1.54, 1.807) is 6.07 Å². The van der Waals surface area contributed by atoms with Crippen molar-refractivity contribution in [2.24, 2.45) is 0 Å². The van der Waals surface area contributed by atoms with E-state index in [0.717, 1.165) is 0 Å². The van der Waals surface area contributed by atoms with E-state index in [1.165, 1.54) is 0 Å². The lowest BCUT2D eigenvalue weighted by Gasteiger charge is -2.27. The molecule has 0 saturated heterocycles. The maximum Gasteiger partial charge on any atom is 0.343 e. The van der Waals surface area contributed by atoms with Crippen LogP contribution >= 0.6 is 0 Å². The normalized spacial score (nSPS) is 12.5. The second kappa shape index (κ2) is 4.44. The fourth-order valence-electron chi connectivity index (χ4n) is 2.01. The summed E-state index contributed by atoms with van der Waals surface area (Å²) in [7, 11) is 0. The van der Waals surface area contributed by atoms with Crippen molar-refractivity contribution >= 4 is 5.97 Å². The molecule has 0 heterocycles. The summed E-state index contributed by atoms with van der Waals surface area (Å²) in [6.07, 6.45) is 0. The molecule has 0 bridgehead atoms. The third-order valence-electron chi connectivity index (χ3n) is 3.10. The standard InChI is InChI=1S/C15H22O4/c1-14(2,3)8-7-9(15(4,5)6)12(17)10(11(8)16)13(18)19/h7,16-17H,1-6H3,(H,18,19). The van der Waals surface area contributed by atoms with Crippen molar-refractivity contribution in [3.63, 3.8) is 0 Å². The molecule has 3 N–H and O–H groups in total. The van der Waals surface area contributed by atoms with E-state index < -0.39 is 22.4 Å². The molecule has 0 unspecified atom stereocenters. The van der Waals surface area contributed by atoms with E-state index in [0.29, 0.717) is 11.1 Å². The minimum absolute atomic E-state index is 0.356. The van der Waals surface area contributed by atoms with Crippen LogP contribution in [0.25, 0.3) is 0 Å². The number of benzene rings is 1. The van der Waals surface area contributed by atoms with Crippen LogP contribution in [0.1, 0.15) is 63.0 Å². The zero-order valence-electron chi connectivity index (χ0n) is 12.3. The SMILES string of the molecule is CC(C)(C)c1cc(C(C)(C)C)c(O)c(C(=O)O)c1O. The highest BCUT2D eigenvalue weighted by Crippen LogP contribution is 2.43. The van der Waals surface area contributed by atoms with Gasteiger partial charge in [-0.1, -0.05) is 41.5 Å². The summed E-state index contributed by atoms with van der Waals surface area (Å²) in [5.41, 5.74) is -0.207. The predicted molar refractivity (Wildman–Crippen MR) is 74.1 cm³/mol. The number of phenols is 2. The Bertz CT molecular complexity index is 478. The number of rotatable bonds is 1. The quantitative estimate of drug-likeness (QED) is 0.728. The number of aromatic hydroxyl groups is 2. The maximum atomic E-state index is 11.3. The van der Waals surface area contributed by atoms with Gasteiger partial charge in [0.2, 0.25) is 0 Å². The Morgan fingerprint density at radius 2 is 1.21 bits per heavy atom.